The largest absolute Gasteiger partial charge is 0.482 e. The van der Waals surface area contributed by atoms with Gasteiger partial charge in [-0.05, 0) is 36.8 Å². The summed E-state index contributed by atoms with van der Waals surface area (Å²) in [7, 11) is -3.80. The summed E-state index contributed by atoms with van der Waals surface area (Å²) in [4.78, 5) is 25.7. The van der Waals surface area contributed by atoms with Gasteiger partial charge in [0.2, 0.25) is 5.91 Å². The zero-order valence-corrected chi connectivity index (χ0v) is 19.1. The molecule has 2 aromatic carbocycles. The number of ether oxygens (including phenoxy) is 1. The number of rotatable bonds is 6. The Kier molecular flexibility index (Phi) is 6.71. The Balaban J connectivity index is 1.32. The number of benzene rings is 2. The predicted molar refractivity (Wildman–Crippen MR) is 122 cm³/mol. The molecule has 2 aromatic rings. The standard InChI is InChI=1S/C23H25ClN2O5S/c24-18-13-19-20(31-15-22(27)25-19)14-21(18)32(29,30)11-8-23(28)26-9-6-17(7-10-26)12-16-4-2-1-3-5-16/h1-5,13-14,17H,6-12,15H2,(H,25,27). The van der Waals surface area contributed by atoms with Crippen LogP contribution < -0.4 is 10.1 Å². The lowest BCUT2D eigenvalue weighted by Crippen LogP contribution is -2.39. The maximum atomic E-state index is 12.8. The number of nitrogens with one attached hydrogen (secondary N) is 1. The molecular formula is C23H25ClN2O5S. The van der Waals surface area contributed by atoms with E-state index in [1.807, 2.05) is 18.2 Å². The summed E-state index contributed by atoms with van der Waals surface area (Å²) in [5, 5.41) is 2.58. The average molecular weight is 477 g/mol. The highest BCUT2D eigenvalue weighted by Crippen LogP contribution is 2.36. The maximum Gasteiger partial charge on any atom is 0.262 e. The topological polar surface area (TPSA) is 92.8 Å². The Morgan fingerprint density at radius 2 is 1.88 bits per heavy atom. The zero-order valence-electron chi connectivity index (χ0n) is 17.6. The molecule has 9 heteroatoms. The van der Waals surface area contributed by atoms with E-state index in [1.165, 1.54) is 17.7 Å². The van der Waals surface area contributed by atoms with Gasteiger partial charge in [-0.25, -0.2) is 8.42 Å². The fourth-order valence-corrected chi connectivity index (χ4v) is 5.97. The summed E-state index contributed by atoms with van der Waals surface area (Å²) in [5.74, 6) is -0.0494. The van der Waals surface area contributed by atoms with E-state index in [0.717, 1.165) is 19.3 Å². The molecule has 1 saturated heterocycles. The van der Waals surface area contributed by atoms with E-state index in [1.54, 1.807) is 4.90 Å². The van der Waals surface area contributed by atoms with Gasteiger partial charge in [0.1, 0.15) is 5.75 Å². The van der Waals surface area contributed by atoms with Gasteiger partial charge in [-0.15, -0.1) is 0 Å². The smallest absolute Gasteiger partial charge is 0.262 e. The second-order valence-corrected chi connectivity index (χ2v) is 10.7. The van der Waals surface area contributed by atoms with Crippen molar-refractivity contribution in [1.29, 1.82) is 0 Å². The first kappa shape index (κ1) is 22.6. The number of likely N-dealkylation sites (tertiary alicyclic amines) is 1. The van der Waals surface area contributed by atoms with Gasteiger partial charge in [-0.1, -0.05) is 41.9 Å². The van der Waals surface area contributed by atoms with Crippen molar-refractivity contribution in [2.24, 2.45) is 5.92 Å². The zero-order chi connectivity index (χ0) is 22.7. The number of carbonyl (C=O) groups excluding carboxylic acids is 2. The Bertz CT molecular complexity index is 1110. The molecule has 170 valence electrons. The Hall–Kier alpha value is -2.58. The normalized spacial score (nSPS) is 16.8. The predicted octanol–water partition coefficient (Wildman–Crippen LogP) is 3.32. The molecule has 2 amide bonds. The second kappa shape index (κ2) is 9.50. The molecule has 0 radical (unpaired) electrons. The van der Waals surface area contributed by atoms with E-state index in [-0.39, 0.29) is 46.3 Å². The lowest BCUT2D eigenvalue weighted by atomic mass is 9.90. The first-order chi connectivity index (χ1) is 15.3. The van der Waals surface area contributed by atoms with Crippen LogP contribution in [0.4, 0.5) is 5.69 Å². The first-order valence-electron chi connectivity index (χ1n) is 10.6. The number of amides is 2. The number of sulfone groups is 1. The average Bonchev–Trinajstić information content (AvgIpc) is 2.78. The molecule has 1 N–H and O–H groups in total. The fraction of sp³-hybridized carbons (Fsp3) is 0.391. The Morgan fingerprint density at radius 1 is 1.16 bits per heavy atom. The Labute approximate surface area is 192 Å². The number of fused-ring (bicyclic) bond motifs is 1. The third-order valence-electron chi connectivity index (χ3n) is 5.92. The molecule has 0 aliphatic carbocycles. The van der Waals surface area contributed by atoms with Crippen LogP contribution in [-0.4, -0.2) is 50.6 Å². The van der Waals surface area contributed by atoms with Gasteiger partial charge in [-0.2, -0.15) is 0 Å². The van der Waals surface area contributed by atoms with Crippen LogP contribution in [0.15, 0.2) is 47.4 Å². The first-order valence-corrected chi connectivity index (χ1v) is 12.7. The molecule has 1 fully saturated rings. The lowest BCUT2D eigenvalue weighted by molar-refractivity contribution is -0.132. The molecule has 7 nitrogen and oxygen atoms in total. The highest BCUT2D eigenvalue weighted by Gasteiger charge is 2.27. The maximum absolute atomic E-state index is 12.8. The van der Waals surface area contributed by atoms with Crippen molar-refractivity contribution < 1.29 is 22.7 Å². The molecule has 2 heterocycles. The molecule has 2 aliphatic heterocycles. The summed E-state index contributed by atoms with van der Waals surface area (Å²) in [5.41, 5.74) is 1.63. The number of piperidine rings is 1. The fourth-order valence-electron chi connectivity index (χ4n) is 4.14. The van der Waals surface area contributed by atoms with Crippen molar-refractivity contribution in [3.05, 3.63) is 53.1 Å². The van der Waals surface area contributed by atoms with Crippen LogP contribution in [0, 0.1) is 5.92 Å². The number of carbonyl (C=O) groups is 2. The second-order valence-electron chi connectivity index (χ2n) is 8.20. The van der Waals surface area contributed by atoms with Crippen LogP contribution in [0.2, 0.25) is 5.02 Å². The monoisotopic (exact) mass is 476 g/mol. The van der Waals surface area contributed by atoms with E-state index in [4.69, 9.17) is 16.3 Å². The van der Waals surface area contributed by atoms with Crippen molar-refractivity contribution in [3.8, 4) is 5.75 Å². The summed E-state index contributed by atoms with van der Waals surface area (Å²) in [6.07, 6.45) is 2.72. The molecule has 0 saturated carbocycles. The molecule has 0 spiro atoms. The number of halogens is 1. The minimum absolute atomic E-state index is 0.0104. The molecular weight excluding hydrogens is 452 g/mol. The number of anilines is 1. The molecule has 2 aliphatic rings. The minimum Gasteiger partial charge on any atom is -0.482 e. The van der Waals surface area contributed by atoms with Crippen LogP contribution in [0.1, 0.15) is 24.8 Å². The summed E-state index contributed by atoms with van der Waals surface area (Å²) >= 11 is 6.16. The van der Waals surface area contributed by atoms with Crippen molar-refractivity contribution in [1.82, 2.24) is 4.90 Å². The van der Waals surface area contributed by atoms with Crippen molar-refractivity contribution in [2.75, 3.05) is 30.8 Å². The third-order valence-corrected chi connectivity index (χ3v) is 8.10. The van der Waals surface area contributed by atoms with E-state index < -0.39 is 9.84 Å². The molecule has 0 bridgehead atoms. The van der Waals surface area contributed by atoms with Crippen molar-refractivity contribution in [3.63, 3.8) is 0 Å². The van der Waals surface area contributed by atoms with Gasteiger partial charge in [0.15, 0.2) is 16.4 Å². The van der Waals surface area contributed by atoms with Crippen molar-refractivity contribution in [2.45, 2.75) is 30.6 Å². The van der Waals surface area contributed by atoms with Gasteiger partial charge in [0, 0.05) is 25.6 Å². The quantitative estimate of drug-likeness (QED) is 0.690. The molecule has 0 unspecified atom stereocenters. The van der Waals surface area contributed by atoms with Crippen LogP contribution in [0.25, 0.3) is 0 Å². The SMILES string of the molecule is O=C1COc2cc(S(=O)(=O)CCC(=O)N3CCC(Cc4ccccc4)CC3)c(Cl)cc2N1. The minimum atomic E-state index is -3.80. The molecule has 4 rings (SSSR count). The van der Waals surface area contributed by atoms with Gasteiger partial charge in [-0.3, -0.25) is 9.59 Å². The number of nitrogens with zero attached hydrogens (tertiary/aromatic N) is 1. The third kappa shape index (κ3) is 5.24. The highest BCUT2D eigenvalue weighted by molar-refractivity contribution is 7.91. The van der Waals surface area contributed by atoms with Gasteiger partial charge in [0.25, 0.3) is 5.91 Å². The lowest BCUT2D eigenvalue weighted by Gasteiger charge is -2.32. The van der Waals surface area contributed by atoms with Crippen LogP contribution >= 0.6 is 11.6 Å². The van der Waals surface area contributed by atoms with E-state index in [0.29, 0.717) is 24.7 Å². The number of hydrogen-bond donors (Lipinski definition) is 1. The van der Waals surface area contributed by atoms with Gasteiger partial charge < -0.3 is 15.0 Å². The summed E-state index contributed by atoms with van der Waals surface area (Å²) < 4.78 is 31.0. The summed E-state index contributed by atoms with van der Waals surface area (Å²) in [6.45, 7) is 1.10. The molecule has 0 aromatic heterocycles. The van der Waals surface area contributed by atoms with Gasteiger partial charge in [0.05, 0.1) is 21.4 Å². The van der Waals surface area contributed by atoms with Crippen LogP contribution in [0.5, 0.6) is 5.75 Å². The molecule has 32 heavy (non-hydrogen) atoms. The van der Waals surface area contributed by atoms with E-state index in [2.05, 4.69) is 17.4 Å². The van der Waals surface area contributed by atoms with Crippen LogP contribution in [0.3, 0.4) is 0 Å². The van der Waals surface area contributed by atoms with Crippen molar-refractivity contribution >= 4 is 38.9 Å². The molecule has 0 atom stereocenters. The van der Waals surface area contributed by atoms with E-state index >= 15 is 0 Å². The van der Waals surface area contributed by atoms with E-state index in [9.17, 15) is 18.0 Å². The summed E-state index contributed by atoms with van der Waals surface area (Å²) in [6, 6.07) is 13.0. The Morgan fingerprint density at radius 3 is 2.59 bits per heavy atom. The number of hydrogen-bond acceptors (Lipinski definition) is 5. The van der Waals surface area contributed by atoms with Crippen LogP contribution in [-0.2, 0) is 25.8 Å². The highest BCUT2D eigenvalue weighted by atomic mass is 35.5. The van der Waals surface area contributed by atoms with Gasteiger partial charge >= 0.3 is 0 Å².